The first-order chi connectivity index (χ1) is 19.1. The Labute approximate surface area is 230 Å². The molecule has 2 saturated heterocycles. The van der Waals surface area contributed by atoms with Crippen molar-refractivity contribution >= 4 is 0 Å². The van der Waals surface area contributed by atoms with Gasteiger partial charge in [0.1, 0.15) is 11.6 Å². The van der Waals surface area contributed by atoms with Crippen LogP contribution in [0.5, 0.6) is 0 Å². The molecule has 0 bridgehead atoms. The van der Waals surface area contributed by atoms with Gasteiger partial charge in [-0.05, 0) is 108 Å². The highest BCUT2D eigenvalue weighted by Crippen LogP contribution is 2.36. The van der Waals surface area contributed by atoms with E-state index in [1.807, 2.05) is 6.20 Å². The fraction of sp³-hybridized carbons (Fsp3) is 0.394. The van der Waals surface area contributed by atoms with Crippen LogP contribution < -0.4 is 0 Å². The molecule has 3 aliphatic rings. The Balaban J connectivity index is 1.09. The smallest absolute Gasteiger partial charge is 0.124 e. The van der Waals surface area contributed by atoms with Gasteiger partial charge in [-0.2, -0.15) is 0 Å². The second-order valence-corrected chi connectivity index (χ2v) is 11.5. The van der Waals surface area contributed by atoms with Gasteiger partial charge in [0.15, 0.2) is 0 Å². The predicted molar refractivity (Wildman–Crippen MR) is 155 cm³/mol. The van der Waals surface area contributed by atoms with Crippen molar-refractivity contribution < 1.29 is 0 Å². The zero-order chi connectivity index (χ0) is 26.3. The molecule has 0 radical (unpaired) electrons. The average molecular weight is 517 g/mol. The van der Waals surface area contributed by atoms with E-state index in [1.54, 1.807) is 0 Å². The molecule has 2 atom stereocenters. The van der Waals surface area contributed by atoms with Crippen LogP contribution in [0, 0.1) is 11.8 Å². The molecular formula is C33H36N6. The minimum absolute atomic E-state index is 0.403. The first-order valence-corrected chi connectivity index (χ1v) is 14.4. The van der Waals surface area contributed by atoms with Crippen LogP contribution in [-0.4, -0.2) is 56.9 Å². The van der Waals surface area contributed by atoms with Gasteiger partial charge in [0, 0.05) is 22.4 Å². The van der Waals surface area contributed by atoms with Crippen LogP contribution >= 0.6 is 0 Å². The highest BCUT2D eigenvalue weighted by molar-refractivity contribution is 5.69. The Kier molecular flexibility index (Phi) is 6.34. The minimum Gasteiger partial charge on any atom is -0.344 e. The van der Waals surface area contributed by atoms with E-state index < -0.39 is 0 Å². The quantitative estimate of drug-likeness (QED) is 0.334. The van der Waals surface area contributed by atoms with E-state index in [2.05, 4.69) is 93.2 Å². The lowest BCUT2D eigenvalue weighted by Crippen LogP contribution is -2.18. The zero-order valence-corrected chi connectivity index (χ0v) is 22.9. The van der Waals surface area contributed by atoms with Crippen LogP contribution in [0.15, 0.2) is 48.7 Å². The van der Waals surface area contributed by atoms with Crippen molar-refractivity contribution in [3.05, 3.63) is 82.7 Å². The SMILES string of the molecule is CN1CCCC1c1ncc(-c2ccc(C#Cc3ccc4c(c3)CCCc3[nH]c(C5CCCN5C)nc3-4)cc2)[nH]1. The maximum Gasteiger partial charge on any atom is 0.124 e. The molecule has 7 rings (SSSR count). The lowest BCUT2D eigenvalue weighted by atomic mass is 9.99. The molecule has 6 heteroatoms. The number of aryl methyl sites for hydroxylation is 2. The molecule has 2 N–H and O–H groups in total. The summed E-state index contributed by atoms with van der Waals surface area (Å²) in [5, 5.41) is 0. The van der Waals surface area contributed by atoms with E-state index >= 15 is 0 Å². The number of benzene rings is 2. The maximum atomic E-state index is 5.13. The van der Waals surface area contributed by atoms with Crippen molar-refractivity contribution in [2.24, 2.45) is 0 Å². The van der Waals surface area contributed by atoms with Gasteiger partial charge in [0.25, 0.3) is 0 Å². The number of nitrogens with zero attached hydrogens (tertiary/aromatic N) is 4. The van der Waals surface area contributed by atoms with Crippen LogP contribution in [0.2, 0.25) is 0 Å². The number of hydrogen-bond donors (Lipinski definition) is 2. The molecule has 2 fully saturated rings. The second-order valence-electron chi connectivity index (χ2n) is 11.5. The number of likely N-dealkylation sites (tertiary alicyclic amines) is 2. The van der Waals surface area contributed by atoms with Crippen LogP contribution in [0.25, 0.3) is 22.5 Å². The third-order valence-electron chi connectivity index (χ3n) is 8.85. The van der Waals surface area contributed by atoms with Crippen molar-refractivity contribution in [3.63, 3.8) is 0 Å². The van der Waals surface area contributed by atoms with Crippen molar-refractivity contribution in [2.75, 3.05) is 27.2 Å². The van der Waals surface area contributed by atoms with E-state index in [4.69, 9.17) is 4.98 Å². The summed E-state index contributed by atoms with van der Waals surface area (Å²) in [6, 6.07) is 15.9. The molecule has 4 aromatic rings. The van der Waals surface area contributed by atoms with Crippen LogP contribution in [0.4, 0.5) is 0 Å². The van der Waals surface area contributed by atoms with Gasteiger partial charge in [-0.1, -0.05) is 30.0 Å². The van der Waals surface area contributed by atoms with Gasteiger partial charge < -0.3 is 9.97 Å². The zero-order valence-electron chi connectivity index (χ0n) is 22.9. The molecule has 0 amide bonds. The largest absolute Gasteiger partial charge is 0.344 e. The number of H-pyrrole nitrogens is 2. The summed E-state index contributed by atoms with van der Waals surface area (Å²) < 4.78 is 0. The highest BCUT2D eigenvalue weighted by Gasteiger charge is 2.28. The predicted octanol–water partition coefficient (Wildman–Crippen LogP) is 5.89. The van der Waals surface area contributed by atoms with Crippen molar-refractivity contribution in [1.82, 2.24) is 29.7 Å². The number of aromatic nitrogens is 4. The van der Waals surface area contributed by atoms with Gasteiger partial charge >= 0.3 is 0 Å². The molecule has 2 aromatic carbocycles. The molecule has 2 unspecified atom stereocenters. The molecule has 1 aliphatic carbocycles. The standard InChI is InChI=1S/C33H36N6/c1-38-18-4-8-29(38)32-34-21-28(36-32)24-15-12-22(13-16-24)10-11-23-14-17-26-25(20-23)6-3-7-27-31(26)37-33(35-27)30-9-5-19-39(30)2/h12-17,20-21,29-30H,3-9,18-19H2,1-2H3,(H,34,36)(H,35,37). The van der Waals surface area contributed by atoms with Gasteiger partial charge in [0.2, 0.25) is 0 Å². The highest BCUT2D eigenvalue weighted by atomic mass is 15.2. The first-order valence-electron chi connectivity index (χ1n) is 14.4. The fourth-order valence-electron chi connectivity index (χ4n) is 6.60. The minimum atomic E-state index is 0.403. The maximum absolute atomic E-state index is 5.13. The monoisotopic (exact) mass is 516 g/mol. The summed E-state index contributed by atoms with van der Waals surface area (Å²) in [5.41, 5.74) is 9.35. The Morgan fingerprint density at radius 2 is 1.51 bits per heavy atom. The molecule has 0 saturated carbocycles. The van der Waals surface area contributed by atoms with Crippen molar-refractivity contribution in [3.8, 4) is 34.4 Å². The molecule has 2 aromatic heterocycles. The molecule has 198 valence electrons. The molecular weight excluding hydrogens is 480 g/mol. The van der Waals surface area contributed by atoms with E-state index in [-0.39, 0.29) is 0 Å². The summed E-state index contributed by atoms with van der Waals surface area (Å²) in [5.74, 6) is 8.99. The first kappa shape index (κ1) is 24.4. The topological polar surface area (TPSA) is 63.8 Å². The normalized spacial score (nSPS) is 21.3. The van der Waals surface area contributed by atoms with Crippen LogP contribution in [0.3, 0.4) is 0 Å². The Bertz CT molecular complexity index is 1550. The summed E-state index contributed by atoms with van der Waals surface area (Å²) in [6.07, 6.45) is 10.0. The average Bonchev–Trinajstić information content (AvgIpc) is 3.75. The van der Waals surface area contributed by atoms with Gasteiger partial charge in [0.05, 0.1) is 29.7 Å². The number of aromatic amines is 2. The number of nitrogens with one attached hydrogen (secondary N) is 2. The second kappa shape index (κ2) is 10.1. The van der Waals surface area contributed by atoms with Gasteiger partial charge in [-0.25, -0.2) is 9.97 Å². The third-order valence-corrected chi connectivity index (χ3v) is 8.85. The molecule has 4 heterocycles. The number of hydrogen-bond acceptors (Lipinski definition) is 4. The summed E-state index contributed by atoms with van der Waals surface area (Å²) >= 11 is 0. The number of rotatable bonds is 3. The van der Waals surface area contributed by atoms with Crippen LogP contribution in [0.1, 0.15) is 78.2 Å². The fourth-order valence-corrected chi connectivity index (χ4v) is 6.60. The Morgan fingerprint density at radius 1 is 0.795 bits per heavy atom. The molecule has 6 nitrogen and oxygen atoms in total. The van der Waals surface area contributed by atoms with Gasteiger partial charge in [-0.3, -0.25) is 9.80 Å². The summed E-state index contributed by atoms with van der Waals surface area (Å²) in [7, 11) is 4.39. The molecule has 2 aliphatic heterocycles. The van der Waals surface area contributed by atoms with E-state index in [0.29, 0.717) is 12.1 Å². The Hall–Kier alpha value is -3.66. The number of imidazole rings is 2. The van der Waals surface area contributed by atoms with E-state index in [0.717, 1.165) is 72.1 Å². The van der Waals surface area contributed by atoms with E-state index in [1.165, 1.54) is 42.5 Å². The lowest BCUT2D eigenvalue weighted by Gasteiger charge is -2.16. The molecule has 0 spiro atoms. The van der Waals surface area contributed by atoms with E-state index in [9.17, 15) is 0 Å². The Morgan fingerprint density at radius 3 is 2.26 bits per heavy atom. The van der Waals surface area contributed by atoms with Gasteiger partial charge in [-0.15, -0.1) is 0 Å². The lowest BCUT2D eigenvalue weighted by molar-refractivity contribution is 0.307. The van der Waals surface area contributed by atoms with Crippen LogP contribution in [-0.2, 0) is 12.8 Å². The molecule has 39 heavy (non-hydrogen) atoms. The summed E-state index contributed by atoms with van der Waals surface area (Å²) in [6.45, 7) is 2.29. The van der Waals surface area contributed by atoms with Crippen molar-refractivity contribution in [1.29, 1.82) is 0 Å². The summed E-state index contributed by atoms with van der Waals surface area (Å²) in [4.78, 5) is 21.8. The van der Waals surface area contributed by atoms with Crippen molar-refractivity contribution in [2.45, 2.75) is 57.0 Å². The third kappa shape index (κ3) is 4.71. The number of fused-ring (bicyclic) bond motifs is 3.